The van der Waals surface area contributed by atoms with Crippen molar-refractivity contribution in [1.82, 2.24) is 9.55 Å². The van der Waals surface area contributed by atoms with Gasteiger partial charge in [0.2, 0.25) is 0 Å². The molecule has 0 bridgehead atoms. The standard InChI is InChI=1S/C32H30F3N4/c1-7-27(32(33,34)35)22(5)21(4)16-24-11-13-28(38-18-24)30-26(17-36)25-12-10-19(2)15-29(25)39(30)31-23(6)20(3)9-8-14-37-31/h1,8-16,18,21-23,27H,2-6H3/q-1. The summed E-state index contributed by atoms with van der Waals surface area (Å²) >= 11 is 0. The number of pyridine rings is 1. The summed E-state index contributed by atoms with van der Waals surface area (Å²) in [5.41, 5.74) is 3.04. The number of fused-ring (bicyclic) bond motifs is 1. The summed E-state index contributed by atoms with van der Waals surface area (Å²) in [5, 5.41) is 13.4. The number of rotatable bonds is 3. The molecule has 7 heteroatoms. The van der Waals surface area contributed by atoms with Gasteiger partial charge in [0.15, 0.2) is 0 Å². The molecule has 1 aliphatic rings. The Kier molecular flexibility index (Phi) is 7.81. The third-order valence-corrected chi connectivity index (χ3v) is 7.56. The van der Waals surface area contributed by atoms with E-state index in [1.165, 1.54) is 6.92 Å². The Morgan fingerprint density at radius 2 is 1.90 bits per heavy atom. The number of alkyl halides is 3. The van der Waals surface area contributed by atoms with E-state index in [-0.39, 0.29) is 5.92 Å². The first-order valence-corrected chi connectivity index (χ1v) is 12.8. The molecule has 0 spiro atoms. The van der Waals surface area contributed by atoms with Crippen molar-refractivity contribution in [2.24, 2.45) is 28.7 Å². The van der Waals surface area contributed by atoms with Crippen LogP contribution < -0.4 is 10.4 Å². The van der Waals surface area contributed by atoms with Crippen LogP contribution in [0.1, 0.15) is 33.3 Å². The Morgan fingerprint density at radius 1 is 1.15 bits per heavy atom. The maximum absolute atomic E-state index is 13.3. The molecule has 4 rings (SSSR count). The van der Waals surface area contributed by atoms with E-state index in [0.29, 0.717) is 21.1 Å². The zero-order chi connectivity index (χ0) is 28.5. The quantitative estimate of drug-likeness (QED) is 0.316. The smallest absolute Gasteiger partial charge is 0.402 e. The molecule has 1 aromatic carbocycles. The summed E-state index contributed by atoms with van der Waals surface area (Å²) in [5.74, 6) is 1.96. The van der Waals surface area contributed by atoms with E-state index < -0.39 is 23.9 Å². The second-order valence-corrected chi connectivity index (χ2v) is 10.2. The van der Waals surface area contributed by atoms with Gasteiger partial charge >= 0.3 is 6.18 Å². The molecule has 2 aromatic heterocycles. The van der Waals surface area contributed by atoms with Gasteiger partial charge in [-0.25, -0.2) is 4.99 Å². The second-order valence-electron chi connectivity index (χ2n) is 10.2. The number of aromatic nitrogens is 2. The number of nitrogens with zero attached hydrogens (tertiary/aromatic N) is 4. The Hall–Kier alpha value is -4.14. The molecule has 0 aliphatic carbocycles. The maximum atomic E-state index is 13.3. The predicted octanol–water partition coefficient (Wildman–Crippen LogP) is 5.76. The molecule has 3 heterocycles. The number of terminal acetylenes is 1. The van der Waals surface area contributed by atoms with Crippen molar-refractivity contribution < 1.29 is 13.2 Å². The summed E-state index contributed by atoms with van der Waals surface area (Å²) in [6.07, 6.45) is 9.79. The van der Waals surface area contributed by atoms with Crippen molar-refractivity contribution in [2.75, 3.05) is 0 Å². The van der Waals surface area contributed by atoms with Gasteiger partial charge in [0.25, 0.3) is 0 Å². The third-order valence-electron chi connectivity index (χ3n) is 7.56. The lowest BCUT2D eigenvalue weighted by molar-refractivity contribution is -0.171. The highest BCUT2D eigenvalue weighted by Gasteiger charge is 2.43. The molecule has 0 saturated heterocycles. The number of halogens is 3. The lowest BCUT2D eigenvalue weighted by Crippen LogP contribution is -2.31. The molecule has 39 heavy (non-hydrogen) atoms. The fourth-order valence-electron chi connectivity index (χ4n) is 4.96. The van der Waals surface area contributed by atoms with Crippen molar-refractivity contribution in [2.45, 2.75) is 40.8 Å². The Balaban J connectivity index is 1.98. The number of hydrogen-bond donors (Lipinski definition) is 0. The number of allylic oxidation sites excluding steroid dienone is 3. The van der Waals surface area contributed by atoms with Crippen LogP contribution in [0, 0.1) is 53.6 Å². The predicted molar refractivity (Wildman–Crippen MR) is 151 cm³/mol. The molecule has 0 fully saturated rings. The zero-order valence-electron chi connectivity index (χ0n) is 22.6. The van der Waals surface area contributed by atoms with E-state index in [1.54, 1.807) is 31.5 Å². The van der Waals surface area contributed by atoms with Crippen LogP contribution in [0.4, 0.5) is 13.2 Å². The van der Waals surface area contributed by atoms with E-state index in [2.05, 4.69) is 17.8 Å². The Morgan fingerprint density at radius 3 is 2.51 bits per heavy atom. The topological polar surface area (TPSA) is 52.5 Å². The average molecular weight is 528 g/mol. The van der Waals surface area contributed by atoms with E-state index in [4.69, 9.17) is 11.4 Å². The minimum Gasteiger partial charge on any atom is -0.763 e. The Bertz CT molecular complexity index is 1770. The number of benzene rings is 1. The lowest BCUT2D eigenvalue weighted by atomic mass is 9.83. The van der Waals surface area contributed by atoms with E-state index in [9.17, 15) is 18.6 Å². The van der Waals surface area contributed by atoms with Gasteiger partial charge in [-0.05, 0) is 54.7 Å². The van der Waals surface area contributed by atoms with Crippen LogP contribution in [0.25, 0.3) is 22.4 Å². The lowest BCUT2D eigenvalue weighted by Gasteiger charge is -2.25. The third kappa shape index (κ3) is 5.39. The summed E-state index contributed by atoms with van der Waals surface area (Å²) in [6.45, 7) is 9.36. The molecule has 4 nitrogen and oxygen atoms in total. The molecular formula is C32H30F3N4-. The monoisotopic (exact) mass is 527 g/mol. The largest absolute Gasteiger partial charge is 0.763 e. The van der Waals surface area contributed by atoms with Gasteiger partial charge in [-0.2, -0.15) is 13.2 Å². The SMILES string of the molecule is C#CC(C(C)C(C)C=c1ccc(=c2c(=C=[N-])c3ccc(C)cc3n2C2=NC=CC=C(C)C2C)nc1)C(F)(F)F. The van der Waals surface area contributed by atoms with Crippen molar-refractivity contribution in [1.29, 1.82) is 0 Å². The second kappa shape index (κ2) is 10.9. The molecule has 4 unspecified atom stereocenters. The van der Waals surface area contributed by atoms with Crippen molar-refractivity contribution in [3.05, 3.63) is 92.6 Å². The van der Waals surface area contributed by atoms with Crippen molar-refractivity contribution in [3.8, 4) is 12.3 Å². The molecule has 0 N–H and O–H groups in total. The van der Waals surface area contributed by atoms with Crippen LogP contribution in [0.2, 0.25) is 0 Å². The molecule has 4 atom stereocenters. The minimum atomic E-state index is -4.46. The fraction of sp³-hybridized carbons (Fsp3) is 0.312. The first-order chi connectivity index (χ1) is 18.5. The van der Waals surface area contributed by atoms with Crippen LogP contribution in [0.3, 0.4) is 0 Å². The highest BCUT2D eigenvalue weighted by Crippen LogP contribution is 2.35. The molecule has 200 valence electrons. The summed E-state index contributed by atoms with van der Waals surface area (Å²) in [4.78, 5) is 9.43. The van der Waals surface area contributed by atoms with Gasteiger partial charge in [0, 0.05) is 28.9 Å². The zero-order valence-corrected chi connectivity index (χ0v) is 22.6. The first kappa shape index (κ1) is 27.9. The van der Waals surface area contributed by atoms with Gasteiger partial charge in [0.05, 0.1) is 16.2 Å². The maximum Gasteiger partial charge on any atom is 0.402 e. The number of aryl methyl sites for hydroxylation is 1. The van der Waals surface area contributed by atoms with Gasteiger partial charge in [-0.1, -0.05) is 62.6 Å². The van der Waals surface area contributed by atoms with Gasteiger partial charge < -0.3 is 5.41 Å². The first-order valence-electron chi connectivity index (χ1n) is 12.8. The summed E-state index contributed by atoms with van der Waals surface area (Å²) < 4.78 is 42.1. The van der Waals surface area contributed by atoms with Gasteiger partial charge in [-0.3, -0.25) is 15.4 Å². The normalized spacial score (nSPS) is 19.5. The van der Waals surface area contributed by atoms with Crippen LogP contribution in [-0.4, -0.2) is 27.4 Å². The fourth-order valence-corrected chi connectivity index (χ4v) is 4.96. The summed E-state index contributed by atoms with van der Waals surface area (Å²) in [7, 11) is 0. The molecular weight excluding hydrogens is 497 g/mol. The van der Waals surface area contributed by atoms with E-state index in [1.807, 2.05) is 60.8 Å². The molecule has 1 aliphatic heterocycles. The van der Waals surface area contributed by atoms with E-state index in [0.717, 1.165) is 27.9 Å². The average Bonchev–Trinajstić information content (AvgIpc) is 3.11. The van der Waals surface area contributed by atoms with Crippen LogP contribution >= 0.6 is 0 Å². The van der Waals surface area contributed by atoms with Gasteiger partial charge in [0.1, 0.15) is 11.8 Å². The molecule has 0 radical (unpaired) electrons. The minimum absolute atomic E-state index is 0.0194. The number of aliphatic imine (C=N–C) groups is 1. The Labute approximate surface area is 225 Å². The van der Waals surface area contributed by atoms with Crippen LogP contribution in [0.5, 0.6) is 0 Å². The van der Waals surface area contributed by atoms with Crippen LogP contribution in [-0.2, 0) is 0 Å². The molecule has 0 saturated carbocycles. The van der Waals surface area contributed by atoms with E-state index >= 15 is 0 Å². The summed E-state index contributed by atoms with van der Waals surface area (Å²) in [6, 6.07) is 9.55. The molecule has 3 aromatic rings. The highest BCUT2D eigenvalue weighted by molar-refractivity contribution is 5.99. The molecule has 0 amide bonds. The van der Waals surface area contributed by atoms with Crippen molar-refractivity contribution in [3.63, 3.8) is 0 Å². The van der Waals surface area contributed by atoms with Gasteiger partial charge in [-0.15, -0.1) is 6.42 Å². The van der Waals surface area contributed by atoms with Crippen LogP contribution in [0.15, 0.2) is 65.4 Å². The van der Waals surface area contributed by atoms with Crippen molar-refractivity contribution >= 4 is 28.7 Å². The highest BCUT2D eigenvalue weighted by atomic mass is 19.4. The number of hydrogen-bond acceptors (Lipinski definition) is 2.